The number of aliphatic hydroxyl groups is 6. The molecule has 0 amide bonds. The lowest BCUT2D eigenvalue weighted by molar-refractivity contribution is -0.340. The van der Waals surface area contributed by atoms with Gasteiger partial charge in [-0.2, -0.15) is 0 Å². The molecular weight excluding hydrogens is 1010 g/mol. The molecule has 2 aliphatic carbocycles. The second-order valence-electron chi connectivity index (χ2n) is 22.1. The Labute approximate surface area is 445 Å². The fourth-order valence-corrected chi connectivity index (χ4v) is 12.2. The molecule has 426 valence electrons. The number of carbonyl (C=O) groups is 2. The molecule has 0 spiro atoms. The highest BCUT2D eigenvalue weighted by Crippen LogP contribution is 2.48. The number of rotatable bonds is 12. The van der Waals surface area contributed by atoms with Crippen LogP contribution in [0, 0.1) is 6.92 Å². The fraction of sp³-hybridized carbons (Fsp3) is 0.709. The number of aromatic hydroxyl groups is 2. The summed E-state index contributed by atoms with van der Waals surface area (Å²) in [4.78, 5) is 28.4. The molecular formula is C55H74O22. The van der Waals surface area contributed by atoms with E-state index in [-0.39, 0.29) is 71.4 Å². The van der Waals surface area contributed by atoms with Gasteiger partial charge in [-0.3, -0.25) is 9.59 Å². The largest absolute Gasteiger partial charge is 0.507 e. The lowest BCUT2D eigenvalue weighted by Gasteiger charge is -2.45. The molecule has 0 unspecified atom stereocenters. The number of phenolic OH excluding ortho intramolecular Hbond substituents is 2. The van der Waals surface area contributed by atoms with Gasteiger partial charge in [0.25, 0.3) is 0 Å². The molecule has 8 N–H and O–H groups in total. The van der Waals surface area contributed by atoms with Crippen molar-refractivity contribution in [2.45, 2.75) is 248 Å². The van der Waals surface area contributed by atoms with Crippen molar-refractivity contribution in [3.8, 4) is 17.2 Å². The molecule has 23 atom stereocenters. The third-order valence-corrected chi connectivity index (χ3v) is 16.3. The lowest BCUT2D eigenvalue weighted by Crippen LogP contribution is -2.56. The molecule has 8 aliphatic rings. The molecule has 6 saturated heterocycles. The van der Waals surface area contributed by atoms with Crippen molar-refractivity contribution in [1.29, 1.82) is 0 Å². The number of ketones is 2. The number of phenols is 2. The molecule has 22 heteroatoms. The average molecular weight is 1090 g/mol. The van der Waals surface area contributed by atoms with Gasteiger partial charge in [0.15, 0.2) is 43.0 Å². The highest BCUT2D eigenvalue weighted by molar-refractivity contribution is 6.42. The number of hydrogen-bond donors (Lipinski definition) is 8. The van der Waals surface area contributed by atoms with Crippen molar-refractivity contribution in [2.24, 2.45) is 0 Å². The molecule has 0 bridgehead atoms. The lowest BCUT2D eigenvalue weighted by atomic mass is 9.72. The van der Waals surface area contributed by atoms with Crippen LogP contribution in [-0.4, -0.2) is 194 Å². The summed E-state index contributed by atoms with van der Waals surface area (Å²) >= 11 is 0. The maximum Gasteiger partial charge on any atom is 0.202 e. The van der Waals surface area contributed by atoms with Crippen molar-refractivity contribution in [3.05, 3.63) is 57.7 Å². The van der Waals surface area contributed by atoms with E-state index in [1.54, 1.807) is 47.6 Å². The molecule has 6 heterocycles. The van der Waals surface area contributed by atoms with Crippen LogP contribution in [0.4, 0.5) is 0 Å². The monoisotopic (exact) mass is 1090 g/mol. The summed E-state index contributed by atoms with van der Waals surface area (Å²) in [6.45, 7) is 12.2. The molecule has 22 nitrogen and oxygen atoms in total. The third kappa shape index (κ3) is 11.6. The quantitative estimate of drug-likeness (QED) is 0.152. The van der Waals surface area contributed by atoms with Crippen molar-refractivity contribution in [1.82, 2.24) is 0 Å². The number of carbonyl (C=O) groups excluding carboxylic acids is 2. The van der Waals surface area contributed by atoms with Crippen molar-refractivity contribution in [2.75, 3.05) is 0 Å². The third-order valence-electron chi connectivity index (χ3n) is 16.3. The summed E-state index contributed by atoms with van der Waals surface area (Å²) in [5, 5.41) is 88.0. The molecule has 2 aromatic carbocycles. The second kappa shape index (κ2) is 23.0. The molecule has 0 saturated carbocycles. The Morgan fingerprint density at radius 2 is 1.00 bits per heavy atom. The topological polar surface area (TPSA) is 307 Å². The van der Waals surface area contributed by atoms with Crippen LogP contribution in [0.25, 0.3) is 5.57 Å². The maximum absolute atomic E-state index is 14.2. The molecule has 0 aromatic heterocycles. The standard InChI is InChI=1S/C55H74O22/c1-21-14-28-16-32(59)47-49(45(28)31(58)15-21)53(65)46-30(57)8-10-36(48(46)52(47)64)73-42-18-34(61)55(27(7)71-42)77-44-20-38(51(63)25(5)69-44)75-40-13-11-35(23(3)67-40)72-41-17-33(60)54(26(6)70-41)76-43-19-37(50(62)24(4)68-43)74-39-12-9-29(56)22(2)66-39/h8,10,14-15,22-27,29,32-35,37-44,50-51,54-63H,9,11-13,16-20H2,1-7H3/t22-,23-,24+,25+,26+,27+,29-,32+,33+,34+,35-,37-,38+,39-,40-,41-,42-,43-,44-,50-,51+,54+,55+/m0/s1. The average Bonchev–Trinajstić information content (AvgIpc) is 3.41. The summed E-state index contributed by atoms with van der Waals surface area (Å²) in [5.74, 6) is -2.36. The van der Waals surface area contributed by atoms with E-state index in [9.17, 15) is 50.4 Å². The highest BCUT2D eigenvalue weighted by Gasteiger charge is 2.49. The Morgan fingerprint density at radius 3 is 1.58 bits per heavy atom. The summed E-state index contributed by atoms with van der Waals surface area (Å²) < 4.78 is 74.1. The zero-order valence-electron chi connectivity index (χ0n) is 44.2. The zero-order valence-corrected chi connectivity index (χ0v) is 44.2. The molecule has 0 radical (unpaired) electrons. The number of aliphatic hydroxyl groups excluding tert-OH is 6. The smallest absolute Gasteiger partial charge is 0.202 e. The van der Waals surface area contributed by atoms with Crippen LogP contribution in [0.2, 0.25) is 0 Å². The van der Waals surface area contributed by atoms with Crippen molar-refractivity contribution >= 4 is 17.1 Å². The van der Waals surface area contributed by atoms with E-state index < -0.39 is 159 Å². The predicted molar refractivity (Wildman–Crippen MR) is 264 cm³/mol. The number of Topliss-reactive ketones (excluding diaryl/α,β-unsaturated/α-hetero) is 2. The maximum atomic E-state index is 14.2. The van der Waals surface area contributed by atoms with Crippen molar-refractivity contribution in [3.63, 3.8) is 0 Å². The summed E-state index contributed by atoms with van der Waals surface area (Å²) in [7, 11) is 0. The minimum absolute atomic E-state index is 0.0260. The minimum atomic E-state index is -1.38. The molecule has 77 heavy (non-hydrogen) atoms. The van der Waals surface area contributed by atoms with Crippen LogP contribution in [-0.2, 0) is 58.5 Å². The van der Waals surface area contributed by atoms with Gasteiger partial charge < -0.3 is 97.7 Å². The predicted octanol–water partition coefficient (Wildman–Crippen LogP) is 2.85. The molecule has 6 fully saturated rings. The van der Waals surface area contributed by atoms with Crippen LogP contribution in [0.3, 0.4) is 0 Å². The van der Waals surface area contributed by atoms with Crippen LogP contribution in [0.1, 0.15) is 130 Å². The Hall–Kier alpha value is -3.76. The summed E-state index contributed by atoms with van der Waals surface area (Å²) in [5.41, 5.74) is 0.302. The molecule has 10 rings (SSSR count). The van der Waals surface area contributed by atoms with Crippen LogP contribution in [0.5, 0.6) is 17.2 Å². The van der Waals surface area contributed by atoms with Gasteiger partial charge in [-0.15, -0.1) is 0 Å². The molecule has 6 aliphatic heterocycles. The SMILES string of the molecule is Cc1cc(O)c2c(c1)C[C@@H](O)C1=C2C(=O)c2c(O)ccc(O[C@H]3C[C@@H](O)[C@H](O[C@H]4C[C@@H](O[C@H]5CC[C@H](O[C@H]6C[C@@H](O)[C@H](O[C@H]7C[C@H](O[C@H]8CC[C@H](O)[C@H](C)O8)[C@@H](O)[C@@H](C)O7)[C@@H](C)O6)[C@H](C)O5)[C@H](O)[C@@H](C)O4)[C@@H](C)O3)c2C1=O. The van der Waals surface area contributed by atoms with Gasteiger partial charge in [0.2, 0.25) is 6.29 Å². The van der Waals surface area contributed by atoms with Crippen LogP contribution >= 0.6 is 0 Å². The Kier molecular flexibility index (Phi) is 16.9. The first-order chi connectivity index (χ1) is 36.6. The van der Waals surface area contributed by atoms with Gasteiger partial charge in [-0.1, -0.05) is 6.07 Å². The van der Waals surface area contributed by atoms with Crippen LogP contribution in [0.15, 0.2) is 29.8 Å². The number of fused-ring (bicyclic) bond motifs is 3. The first-order valence-electron chi connectivity index (χ1n) is 27.1. The number of allylic oxidation sites excluding steroid dienone is 1. The number of aryl methyl sites for hydroxylation is 1. The Bertz CT molecular complexity index is 2480. The summed E-state index contributed by atoms with van der Waals surface area (Å²) in [6.07, 6.45) is -16.2. The van der Waals surface area contributed by atoms with Crippen molar-refractivity contribution < 1.29 is 107 Å². The van der Waals surface area contributed by atoms with E-state index in [0.29, 0.717) is 36.8 Å². The Balaban J connectivity index is 0.699. The van der Waals surface area contributed by atoms with E-state index in [1.165, 1.54) is 18.2 Å². The van der Waals surface area contributed by atoms with Gasteiger partial charge in [0.05, 0.1) is 90.5 Å². The van der Waals surface area contributed by atoms with Gasteiger partial charge >= 0.3 is 0 Å². The van der Waals surface area contributed by atoms with Gasteiger partial charge in [0, 0.05) is 61.7 Å². The number of hydrogen-bond acceptors (Lipinski definition) is 22. The van der Waals surface area contributed by atoms with Gasteiger partial charge in [0.1, 0.15) is 41.7 Å². The Morgan fingerprint density at radius 1 is 0.481 bits per heavy atom. The van der Waals surface area contributed by atoms with E-state index in [0.717, 1.165) is 0 Å². The highest BCUT2D eigenvalue weighted by atomic mass is 16.8. The minimum Gasteiger partial charge on any atom is -0.507 e. The van der Waals surface area contributed by atoms with E-state index >= 15 is 0 Å². The summed E-state index contributed by atoms with van der Waals surface area (Å²) in [6, 6.07) is 5.70. The number of ether oxygens (including phenoxy) is 12. The number of benzene rings is 2. The van der Waals surface area contributed by atoms with Gasteiger partial charge in [-0.05, 0) is 90.6 Å². The second-order valence-corrected chi connectivity index (χ2v) is 22.1. The normalized spacial score (nSPS) is 42.6. The first kappa shape index (κ1) is 56.5. The van der Waals surface area contributed by atoms with E-state index in [1.807, 2.05) is 6.92 Å². The van der Waals surface area contributed by atoms with Crippen LogP contribution < -0.4 is 4.74 Å². The van der Waals surface area contributed by atoms with E-state index in [4.69, 9.17) is 56.8 Å². The van der Waals surface area contributed by atoms with E-state index in [2.05, 4.69) is 0 Å². The fourth-order valence-electron chi connectivity index (χ4n) is 12.2. The van der Waals surface area contributed by atoms with Gasteiger partial charge in [-0.25, -0.2) is 0 Å². The first-order valence-corrected chi connectivity index (χ1v) is 27.1. The molecule has 2 aromatic rings. The zero-order chi connectivity index (χ0) is 54.9.